The lowest BCUT2D eigenvalue weighted by molar-refractivity contribution is 0.638. The van der Waals surface area contributed by atoms with Crippen LogP contribution in [0.25, 0.3) is 16.6 Å². The fourth-order valence-corrected chi connectivity index (χ4v) is 3.15. The van der Waals surface area contributed by atoms with Crippen molar-refractivity contribution in [2.75, 3.05) is 0 Å². The minimum Gasteiger partial charge on any atom is -0.288 e. The van der Waals surface area contributed by atoms with Gasteiger partial charge in [-0.3, -0.25) is 4.57 Å². The van der Waals surface area contributed by atoms with Crippen LogP contribution in [0.15, 0.2) is 31.0 Å². The van der Waals surface area contributed by atoms with E-state index in [0.29, 0.717) is 17.4 Å². The van der Waals surface area contributed by atoms with Gasteiger partial charge in [-0.05, 0) is 34.2 Å². The Bertz CT molecular complexity index is 665. The van der Waals surface area contributed by atoms with Crippen LogP contribution in [0, 0.1) is 5.82 Å². The molecular weight excluding hydrogens is 355 g/mol. The Hall–Kier alpha value is -1.08. The average Bonchev–Trinajstić information content (AvgIpc) is 2.97. The first kappa shape index (κ1) is 11.0. The molecule has 0 radical (unpaired) electrons. The molecule has 0 aliphatic carbocycles. The van der Waals surface area contributed by atoms with Gasteiger partial charge in [-0.25, -0.2) is 8.84 Å². The first-order chi connectivity index (χ1) is 8.29. The lowest BCUT2D eigenvalue weighted by Crippen LogP contribution is -1.93. The quantitative estimate of drug-likeness (QED) is 0.521. The first-order valence-electron chi connectivity index (χ1n) is 4.68. The van der Waals surface area contributed by atoms with Crippen LogP contribution in [0.2, 0.25) is 0 Å². The Morgan fingerprint density at radius 1 is 1.24 bits per heavy atom. The summed E-state index contributed by atoms with van der Waals surface area (Å²) in [4.78, 5) is 0. The van der Waals surface area contributed by atoms with E-state index in [0.717, 1.165) is 5.52 Å². The zero-order chi connectivity index (χ0) is 11.8. The summed E-state index contributed by atoms with van der Waals surface area (Å²) in [5.74, 6) is -0.285. The molecule has 5 nitrogen and oxygen atoms in total. The largest absolute Gasteiger partial charge is 0.288 e. The summed E-state index contributed by atoms with van der Waals surface area (Å²) in [5, 5.41) is 12.1. The Morgan fingerprint density at radius 2 is 2.00 bits per heavy atom. The van der Waals surface area contributed by atoms with Gasteiger partial charge in [0.25, 0.3) is 0 Å². The maximum atomic E-state index is 13.9. The molecular formula is C9H6FIN5P. The number of nitrogens with zero attached hydrogens (tertiary/aromatic N) is 5. The number of hydrogen-bond donors (Lipinski definition) is 0. The fourth-order valence-electron chi connectivity index (χ4n) is 1.62. The van der Waals surface area contributed by atoms with Crippen molar-refractivity contribution in [2.45, 2.75) is 0 Å². The summed E-state index contributed by atoms with van der Waals surface area (Å²) in [6, 6.07) is 3.33. The van der Waals surface area contributed by atoms with Gasteiger partial charge in [0, 0.05) is 0 Å². The second kappa shape index (κ2) is 4.30. The second-order valence-corrected chi connectivity index (χ2v) is 5.41. The van der Waals surface area contributed by atoms with Crippen LogP contribution < -0.4 is 0 Å². The van der Waals surface area contributed by atoms with Crippen LogP contribution in [0.4, 0.5) is 4.39 Å². The Kier molecular flexibility index (Phi) is 2.79. The molecule has 0 amide bonds. The maximum Gasteiger partial charge on any atom is 0.136 e. The molecule has 0 bridgehead atoms. The molecule has 0 fully saturated rings. The Morgan fingerprint density at radius 3 is 2.71 bits per heavy atom. The maximum absolute atomic E-state index is 13.9. The van der Waals surface area contributed by atoms with Gasteiger partial charge in [0.2, 0.25) is 0 Å². The highest BCUT2D eigenvalue weighted by Crippen LogP contribution is 2.30. The van der Waals surface area contributed by atoms with Crippen LogP contribution in [0.1, 0.15) is 0 Å². The van der Waals surface area contributed by atoms with Crippen molar-refractivity contribution in [1.29, 1.82) is 0 Å². The minimum atomic E-state index is -0.285. The van der Waals surface area contributed by atoms with Gasteiger partial charge in [-0.2, -0.15) is 5.10 Å². The van der Waals surface area contributed by atoms with Crippen molar-refractivity contribution < 1.29 is 4.39 Å². The summed E-state index contributed by atoms with van der Waals surface area (Å²) in [6.45, 7) is 0. The first-order valence-corrected chi connectivity index (χ1v) is 8.74. The number of aromatic nitrogens is 5. The lowest BCUT2D eigenvalue weighted by atomic mass is 10.2. The van der Waals surface area contributed by atoms with Crippen LogP contribution in [0.3, 0.4) is 0 Å². The third-order valence-corrected chi connectivity index (χ3v) is 4.31. The van der Waals surface area contributed by atoms with Crippen LogP contribution in [-0.4, -0.2) is 24.3 Å². The zero-order valence-corrected chi connectivity index (χ0v) is 11.5. The van der Waals surface area contributed by atoms with Gasteiger partial charge in [-0.1, -0.05) is 0 Å². The van der Waals surface area contributed by atoms with Crippen LogP contribution in [-0.2, 0) is 0 Å². The molecule has 2 aromatic heterocycles. The standard InChI is InChI=1S/C9H6FIN5P/c10-8-1-6(15-4-12-13-5-15)2-9-7(8)3-14-16(9)17-11/h1-5,17H. The second-order valence-electron chi connectivity index (χ2n) is 3.37. The van der Waals surface area contributed by atoms with Crippen molar-refractivity contribution >= 4 is 39.3 Å². The molecule has 3 rings (SSSR count). The predicted molar refractivity (Wildman–Crippen MR) is 72.3 cm³/mol. The lowest BCUT2D eigenvalue weighted by Gasteiger charge is -2.03. The molecule has 0 spiro atoms. The van der Waals surface area contributed by atoms with E-state index in [4.69, 9.17) is 0 Å². The van der Waals surface area contributed by atoms with Crippen LogP contribution >= 0.6 is 28.4 Å². The molecule has 86 valence electrons. The van der Waals surface area contributed by atoms with Crippen molar-refractivity contribution in [3.63, 3.8) is 0 Å². The molecule has 0 saturated carbocycles. The van der Waals surface area contributed by atoms with Crippen LogP contribution in [0.5, 0.6) is 0 Å². The molecule has 1 unspecified atom stereocenters. The van der Waals surface area contributed by atoms with Crippen molar-refractivity contribution in [3.05, 3.63) is 36.8 Å². The summed E-state index contributed by atoms with van der Waals surface area (Å²) in [5.41, 5.74) is 1.47. The molecule has 0 saturated heterocycles. The monoisotopic (exact) mass is 361 g/mol. The molecule has 0 aliphatic heterocycles. The van der Waals surface area contributed by atoms with Crippen molar-refractivity contribution in [1.82, 2.24) is 24.3 Å². The molecule has 3 aromatic rings. The Balaban J connectivity index is 2.28. The van der Waals surface area contributed by atoms with E-state index in [1.54, 1.807) is 15.2 Å². The van der Waals surface area contributed by atoms with Crippen molar-refractivity contribution in [2.24, 2.45) is 0 Å². The number of rotatable bonds is 2. The van der Waals surface area contributed by atoms with E-state index < -0.39 is 0 Å². The van der Waals surface area contributed by atoms with E-state index in [1.165, 1.54) is 18.7 Å². The number of benzene rings is 1. The highest BCUT2D eigenvalue weighted by molar-refractivity contribution is 14.2. The molecule has 0 N–H and O–H groups in total. The van der Waals surface area contributed by atoms with Gasteiger partial charge in [0.15, 0.2) is 0 Å². The van der Waals surface area contributed by atoms with Gasteiger partial charge >= 0.3 is 0 Å². The third-order valence-electron chi connectivity index (χ3n) is 2.42. The smallest absolute Gasteiger partial charge is 0.136 e. The third kappa shape index (κ3) is 1.83. The molecule has 8 heteroatoms. The number of hydrogen-bond acceptors (Lipinski definition) is 3. The minimum absolute atomic E-state index is 0.285. The Labute approximate surface area is 110 Å². The topological polar surface area (TPSA) is 48.5 Å². The predicted octanol–water partition coefficient (Wildman–Crippen LogP) is 2.55. The summed E-state index contributed by atoms with van der Waals surface area (Å²) >= 11 is 2.21. The zero-order valence-electron chi connectivity index (χ0n) is 8.38. The average molecular weight is 361 g/mol. The fraction of sp³-hybridized carbons (Fsp3) is 0. The summed E-state index contributed by atoms with van der Waals surface area (Å²) in [7, 11) is 0. The highest BCUT2D eigenvalue weighted by atomic mass is 127. The molecule has 0 aliphatic rings. The SMILES string of the molecule is Fc1cc(-n2cnnc2)cc2c1cnn2PI. The molecule has 1 atom stereocenters. The van der Waals surface area contributed by atoms with E-state index in [-0.39, 0.29) is 5.82 Å². The van der Waals surface area contributed by atoms with E-state index in [9.17, 15) is 4.39 Å². The summed E-state index contributed by atoms with van der Waals surface area (Å²) < 4.78 is 17.3. The highest BCUT2D eigenvalue weighted by Gasteiger charge is 2.10. The van der Waals surface area contributed by atoms with Gasteiger partial charge in [0.05, 0.1) is 29.2 Å². The normalized spacial score (nSPS) is 11.9. The van der Waals surface area contributed by atoms with Gasteiger partial charge in [0.1, 0.15) is 18.5 Å². The molecule has 2 heterocycles. The van der Waals surface area contributed by atoms with Gasteiger partial charge in [-0.15, -0.1) is 10.2 Å². The summed E-state index contributed by atoms with van der Waals surface area (Å²) in [6.07, 6.45) is 5.05. The van der Waals surface area contributed by atoms with Gasteiger partial charge < -0.3 is 0 Å². The number of fused-ring (bicyclic) bond motifs is 1. The van der Waals surface area contributed by atoms with E-state index >= 15 is 0 Å². The van der Waals surface area contributed by atoms with E-state index in [2.05, 4.69) is 37.3 Å². The molecule has 1 aromatic carbocycles. The van der Waals surface area contributed by atoms with E-state index in [1.807, 2.05) is 6.07 Å². The van der Waals surface area contributed by atoms with Crippen molar-refractivity contribution in [3.8, 4) is 5.69 Å². The number of halogens is 2. The molecule has 17 heavy (non-hydrogen) atoms.